The largest absolute Gasteiger partial charge is 0.484 e. The Hall–Kier alpha value is -2.01. The van der Waals surface area contributed by atoms with E-state index in [1.54, 1.807) is 0 Å². The van der Waals surface area contributed by atoms with Crippen molar-refractivity contribution in [1.82, 2.24) is 9.21 Å². The lowest BCUT2D eigenvalue weighted by Gasteiger charge is -2.23. The van der Waals surface area contributed by atoms with Crippen molar-refractivity contribution in [2.24, 2.45) is 0 Å². The number of rotatable bonds is 11. The van der Waals surface area contributed by atoms with Gasteiger partial charge in [-0.3, -0.25) is 15.0 Å². The molecule has 9 nitrogen and oxygen atoms in total. The molecule has 0 unspecified atom stereocenters. The Balaban J connectivity index is 2.11. The van der Waals surface area contributed by atoms with E-state index in [1.165, 1.54) is 16.4 Å². The first-order valence-corrected chi connectivity index (χ1v) is 11.0. The highest BCUT2D eigenvalue weighted by molar-refractivity contribution is 7.89. The molecule has 0 bridgehead atoms. The fraction of sp³-hybridized carbons (Fsp3) is 0.579. The van der Waals surface area contributed by atoms with Crippen molar-refractivity contribution in [2.45, 2.75) is 37.7 Å². The summed E-state index contributed by atoms with van der Waals surface area (Å²) in [4.78, 5) is 12.6. The summed E-state index contributed by atoms with van der Waals surface area (Å²) in [6.07, 6.45) is 0.697. The fourth-order valence-corrected chi connectivity index (χ4v) is 4.76. The number of hydrogen-bond donors (Lipinski definition) is 1. The molecule has 1 atom stereocenters. The van der Waals surface area contributed by atoms with Crippen LogP contribution in [0.1, 0.15) is 26.7 Å². The van der Waals surface area contributed by atoms with Crippen molar-refractivity contribution in [3.63, 3.8) is 0 Å². The Morgan fingerprint density at radius 2 is 2.07 bits per heavy atom. The minimum atomic E-state index is -3.76. The van der Waals surface area contributed by atoms with Gasteiger partial charge in [0.1, 0.15) is 12.7 Å². The summed E-state index contributed by atoms with van der Waals surface area (Å²) in [5.74, 6) is -0.0719. The Morgan fingerprint density at radius 1 is 1.41 bits per heavy atom. The van der Waals surface area contributed by atoms with Gasteiger partial charge in [-0.1, -0.05) is 19.1 Å². The van der Waals surface area contributed by atoms with Crippen LogP contribution in [0.25, 0.3) is 0 Å². The lowest BCUT2D eigenvalue weighted by atomic mass is 10.2. The maximum absolute atomic E-state index is 12.6. The van der Waals surface area contributed by atoms with E-state index in [2.05, 4.69) is 6.58 Å². The predicted molar refractivity (Wildman–Crippen MR) is 110 cm³/mol. The highest BCUT2D eigenvalue weighted by Crippen LogP contribution is 2.31. The van der Waals surface area contributed by atoms with Crippen molar-refractivity contribution >= 4 is 15.7 Å². The number of likely N-dealkylation sites (N-methyl/N-ethyl adjacent to an activating group) is 1. The van der Waals surface area contributed by atoms with Crippen LogP contribution in [0.2, 0.25) is 0 Å². The molecule has 0 radical (unpaired) electrons. The maximum Gasteiger partial charge on any atom is 0.312 e. The van der Waals surface area contributed by atoms with Crippen molar-refractivity contribution in [3.05, 3.63) is 40.5 Å². The standard InChI is InChI=1S/C19H29N3O6S/c1-4-20(12-15(2)3)13-16(23)14-28-19-8-7-17(11-18(19)22(24)25)29(26,27)21-9-5-6-10-21/h7-8,11,16,23H,2,4-6,9-10,12-14H2,1,3H3/t16-/m0/s1. The minimum Gasteiger partial charge on any atom is -0.484 e. The van der Waals surface area contributed by atoms with E-state index in [4.69, 9.17) is 4.74 Å². The molecule has 0 aromatic heterocycles. The lowest BCUT2D eigenvalue weighted by Crippen LogP contribution is -2.36. The first-order valence-electron chi connectivity index (χ1n) is 9.61. The molecule has 0 saturated carbocycles. The average Bonchev–Trinajstić information content (AvgIpc) is 3.20. The number of sulfonamides is 1. The first-order chi connectivity index (χ1) is 13.6. The highest BCUT2D eigenvalue weighted by Gasteiger charge is 2.30. The topological polar surface area (TPSA) is 113 Å². The number of nitrogens with zero attached hydrogens (tertiary/aromatic N) is 3. The van der Waals surface area contributed by atoms with Crippen LogP contribution in [0, 0.1) is 10.1 Å². The summed E-state index contributed by atoms with van der Waals surface area (Å²) in [7, 11) is -3.76. The molecule has 1 fully saturated rings. The fourth-order valence-electron chi connectivity index (χ4n) is 3.22. The SMILES string of the molecule is C=C(C)CN(CC)C[C@H](O)COc1ccc(S(=O)(=O)N2CCCC2)cc1[N+](=O)[O-]. The minimum absolute atomic E-state index is 0.0719. The number of nitro benzene ring substituents is 1. The van der Waals surface area contributed by atoms with Gasteiger partial charge in [0.2, 0.25) is 10.0 Å². The summed E-state index contributed by atoms with van der Waals surface area (Å²) in [6.45, 7) is 10.1. The molecule has 0 aliphatic carbocycles. The van der Waals surface area contributed by atoms with E-state index in [0.29, 0.717) is 32.7 Å². The second-order valence-electron chi connectivity index (χ2n) is 7.25. The van der Waals surface area contributed by atoms with Crippen molar-refractivity contribution in [2.75, 3.05) is 39.3 Å². The molecule has 1 N–H and O–H groups in total. The number of hydrogen-bond acceptors (Lipinski definition) is 7. The van der Waals surface area contributed by atoms with E-state index in [9.17, 15) is 23.6 Å². The van der Waals surface area contributed by atoms with Gasteiger partial charge >= 0.3 is 5.69 Å². The zero-order valence-corrected chi connectivity index (χ0v) is 17.7. The zero-order valence-electron chi connectivity index (χ0n) is 16.9. The number of aliphatic hydroxyl groups is 1. The Morgan fingerprint density at radius 3 is 2.62 bits per heavy atom. The molecule has 1 saturated heterocycles. The molecular weight excluding hydrogens is 398 g/mol. The molecule has 1 aliphatic rings. The van der Waals surface area contributed by atoms with Crippen LogP contribution in [0.15, 0.2) is 35.2 Å². The van der Waals surface area contributed by atoms with Gasteiger partial charge < -0.3 is 9.84 Å². The van der Waals surface area contributed by atoms with E-state index >= 15 is 0 Å². The average molecular weight is 428 g/mol. The number of aliphatic hydroxyl groups excluding tert-OH is 1. The molecular formula is C19H29N3O6S. The molecule has 0 amide bonds. The van der Waals surface area contributed by atoms with Crippen LogP contribution in [0.5, 0.6) is 5.75 Å². The van der Waals surface area contributed by atoms with E-state index in [0.717, 1.165) is 24.5 Å². The Bertz CT molecular complexity index is 836. The van der Waals surface area contributed by atoms with Gasteiger partial charge in [-0.15, -0.1) is 0 Å². The molecule has 1 aromatic carbocycles. The third kappa shape index (κ3) is 6.23. The lowest BCUT2D eigenvalue weighted by molar-refractivity contribution is -0.386. The maximum atomic E-state index is 12.6. The number of benzene rings is 1. The smallest absolute Gasteiger partial charge is 0.312 e. The second kappa shape index (κ2) is 10.1. The van der Waals surface area contributed by atoms with Gasteiger partial charge in [-0.25, -0.2) is 8.42 Å². The third-order valence-corrected chi connectivity index (χ3v) is 6.57. The monoisotopic (exact) mass is 427 g/mol. The molecule has 10 heteroatoms. The summed E-state index contributed by atoms with van der Waals surface area (Å²) < 4.78 is 32.1. The first kappa shape index (κ1) is 23.3. The number of nitro groups is 1. The van der Waals surface area contributed by atoms with E-state index in [1.807, 2.05) is 18.7 Å². The van der Waals surface area contributed by atoms with Crippen molar-refractivity contribution in [3.8, 4) is 5.75 Å². The van der Waals surface area contributed by atoms with Gasteiger partial charge in [-0.05, 0) is 38.4 Å². The molecule has 1 aliphatic heterocycles. The molecule has 1 heterocycles. The second-order valence-corrected chi connectivity index (χ2v) is 9.19. The van der Waals surface area contributed by atoms with Gasteiger partial charge in [0.25, 0.3) is 0 Å². The molecule has 29 heavy (non-hydrogen) atoms. The Labute approximate surface area is 171 Å². The summed E-state index contributed by atoms with van der Waals surface area (Å²) in [6, 6.07) is 3.61. The Kier molecular flexibility index (Phi) is 8.14. The van der Waals surface area contributed by atoms with E-state index in [-0.39, 0.29) is 17.3 Å². The van der Waals surface area contributed by atoms with Crippen LogP contribution in [0.3, 0.4) is 0 Å². The van der Waals surface area contributed by atoms with Crippen molar-refractivity contribution in [1.29, 1.82) is 0 Å². The normalized spacial score (nSPS) is 16.1. The van der Waals surface area contributed by atoms with Crippen LogP contribution < -0.4 is 4.74 Å². The van der Waals surface area contributed by atoms with Crippen LogP contribution in [0.4, 0.5) is 5.69 Å². The van der Waals surface area contributed by atoms with Gasteiger partial charge in [-0.2, -0.15) is 4.31 Å². The summed E-state index contributed by atoms with van der Waals surface area (Å²) in [5.41, 5.74) is 0.525. The van der Waals surface area contributed by atoms with Gasteiger partial charge in [0.05, 0.1) is 9.82 Å². The summed E-state index contributed by atoms with van der Waals surface area (Å²) >= 11 is 0. The van der Waals surface area contributed by atoms with Crippen molar-refractivity contribution < 1.29 is 23.2 Å². The summed E-state index contributed by atoms with van der Waals surface area (Å²) in [5, 5.41) is 21.7. The molecule has 0 spiro atoms. The van der Waals surface area contributed by atoms with Gasteiger partial charge in [0, 0.05) is 32.2 Å². The quantitative estimate of drug-likeness (QED) is 0.326. The number of ether oxygens (including phenoxy) is 1. The predicted octanol–water partition coefficient (Wildman–Crippen LogP) is 2.02. The van der Waals surface area contributed by atoms with Crippen LogP contribution >= 0.6 is 0 Å². The highest BCUT2D eigenvalue weighted by atomic mass is 32.2. The third-order valence-electron chi connectivity index (χ3n) is 4.67. The van der Waals surface area contributed by atoms with Crippen LogP contribution in [-0.4, -0.2) is 73.1 Å². The van der Waals surface area contributed by atoms with Crippen LogP contribution in [-0.2, 0) is 10.0 Å². The van der Waals surface area contributed by atoms with E-state index < -0.39 is 26.7 Å². The molecule has 1 aromatic rings. The molecule has 162 valence electrons. The van der Waals surface area contributed by atoms with Gasteiger partial charge in [0.15, 0.2) is 5.75 Å². The molecule has 2 rings (SSSR count). The zero-order chi connectivity index (χ0) is 21.6.